The minimum atomic E-state index is -1.31. The van der Waals surface area contributed by atoms with Crippen LogP contribution in [0.15, 0.2) is 30.3 Å². The van der Waals surface area contributed by atoms with Crippen LogP contribution in [0.2, 0.25) is 0 Å². The van der Waals surface area contributed by atoms with E-state index in [1.54, 1.807) is 31.2 Å². The highest BCUT2D eigenvalue weighted by Gasteiger charge is 2.33. The summed E-state index contributed by atoms with van der Waals surface area (Å²) in [5, 5.41) is 2.53. The Morgan fingerprint density at radius 1 is 1.22 bits per heavy atom. The molecule has 0 aliphatic heterocycles. The van der Waals surface area contributed by atoms with Crippen molar-refractivity contribution >= 4 is 17.7 Å². The summed E-state index contributed by atoms with van der Waals surface area (Å²) in [4.78, 5) is 23.1. The molecule has 0 aromatic heterocycles. The van der Waals surface area contributed by atoms with E-state index in [0.29, 0.717) is 5.69 Å². The number of para-hydroxylation sites is 1. The molecule has 1 aromatic rings. The van der Waals surface area contributed by atoms with E-state index < -0.39 is 17.7 Å². The van der Waals surface area contributed by atoms with Gasteiger partial charge in [0.2, 0.25) is 5.60 Å². The molecule has 0 atom stereocenters. The summed E-state index contributed by atoms with van der Waals surface area (Å²) in [6.45, 7) is 4.90. The number of nitrogens with one attached hydrogen (secondary N) is 1. The fraction of sp³-hybridized carbons (Fsp3) is 0.385. The number of anilines is 1. The van der Waals surface area contributed by atoms with Crippen molar-refractivity contribution in [1.29, 1.82) is 0 Å². The van der Waals surface area contributed by atoms with Gasteiger partial charge in [-0.05, 0) is 32.9 Å². The van der Waals surface area contributed by atoms with Gasteiger partial charge < -0.3 is 9.47 Å². The van der Waals surface area contributed by atoms with Gasteiger partial charge in [-0.2, -0.15) is 0 Å². The molecule has 0 saturated heterocycles. The minimum Gasteiger partial charge on any atom is -0.463 e. The van der Waals surface area contributed by atoms with E-state index in [1.165, 1.54) is 13.8 Å². The highest BCUT2D eigenvalue weighted by Crippen LogP contribution is 2.14. The Balaban J connectivity index is 2.56. The molecule has 0 aliphatic rings. The number of hydrogen-bond acceptors (Lipinski definition) is 4. The Morgan fingerprint density at radius 2 is 1.83 bits per heavy atom. The van der Waals surface area contributed by atoms with Crippen LogP contribution in [0.25, 0.3) is 0 Å². The van der Waals surface area contributed by atoms with E-state index in [-0.39, 0.29) is 6.61 Å². The maximum atomic E-state index is 11.6. The number of carbonyl (C=O) groups excluding carboxylic acids is 2. The van der Waals surface area contributed by atoms with E-state index in [4.69, 9.17) is 9.47 Å². The highest BCUT2D eigenvalue weighted by atomic mass is 16.6. The maximum absolute atomic E-state index is 11.6. The zero-order chi connectivity index (χ0) is 13.6. The Labute approximate surface area is 106 Å². The van der Waals surface area contributed by atoms with E-state index in [2.05, 4.69) is 5.32 Å². The summed E-state index contributed by atoms with van der Waals surface area (Å²) in [7, 11) is 0. The first-order chi connectivity index (χ1) is 8.45. The lowest BCUT2D eigenvalue weighted by atomic mass is 10.1. The third kappa shape index (κ3) is 4.08. The van der Waals surface area contributed by atoms with Crippen molar-refractivity contribution in [2.75, 3.05) is 11.9 Å². The first kappa shape index (κ1) is 14.0. The number of rotatable bonds is 4. The molecule has 1 rings (SSSR count). The van der Waals surface area contributed by atoms with Crippen molar-refractivity contribution in [3.63, 3.8) is 0 Å². The smallest absolute Gasteiger partial charge is 0.412 e. The van der Waals surface area contributed by atoms with Gasteiger partial charge in [-0.25, -0.2) is 9.59 Å². The van der Waals surface area contributed by atoms with E-state index in [0.717, 1.165) is 0 Å². The molecule has 1 aromatic carbocycles. The lowest BCUT2D eigenvalue weighted by Crippen LogP contribution is -2.40. The molecule has 5 heteroatoms. The SMILES string of the molecule is CCOC(=O)C(C)(C)OC(=O)Nc1ccccc1. The number of hydrogen-bond donors (Lipinski definition) is 1. The zero-order valence-corrected chi connectivity index (χ0v) is 10.7. The molecule has 0 radical (unpaired) electrons. The molecule has 98 valence electrons. The first-order valence-electron chi connectivity index (χ1n) is 5.68. The molecule has 0 fully saturated rings. The van der Waals surface area contributed by atoms with Gasteiger partial charge in [-0.3, -0.25) is 5.32 Å². The van der Waals surface area contributed by atoms with Crippen LogP contribution in [0.4, 0.5) is 10.5 Å². The van der Waals surface area contributed by atoms with Gasteiger partial charge in [0.25, 0.3) is 0 Å². The van der Waals surface area contributed by atoms with Crippen LogP contribution in [-0.4, -0.2) is 24.3 Å². The lowest BCUT2D eigenvalue weighted by molar-refractivity contribution is -0.161. The summed E-state index contributed by atoms with van der Waals surface area (Å²) in [5.74, 6) is -0.576. The van der Waals surface area contributed by atoms with Gasteiger partial charge >= 0.3 is 12.1 Å². The van der Waals surface area contributed by atoms with Gasteiger partial charge in [0, 0.05) is 5.69 Å². The number of benzene rings is 1. The van der Waals surface area contributed by atoms with Crippen LogP contribution >= 0.6 is 0 Å². The van der Waals surface area contributed by atoms with Gasteiger partial charge in [0.15, 0.2) is 0 Å². The van der Waals surface area contributed by atoms with Crippen LogP contribution in [0.3, 0.4) is 0 Å². The maximum Gasteiger partial charge on any atom is 0.412 e. The van der Waals surface area contributed by atoms with Crippen LogP contribution in [-0.2, 0) is 14.3 Å². The molecule has 1 amide bonds. The van der Waals surface area contributed by atoms with Crippen LogP contribution in [0, 0.1) is 0 Å². The Morgan fingerprint density at radius 3 is 2.39 bits per heavy atom. The van der Waals surface area contributed by atoms with Gasteiger partial charge in [-0.15, -0.1) is 0 Å². The lowest BCUT2D eigenvalue weighted by Gasteiger charge is -2.22. The molecule has 5 nitrogen and oxygen atoms in total. The van der Waals surface area contributed by atoms with Gasteiger partial charge in [-0.1, -0.05) is 18.2 Å². The first-order valence-corrected chi connectivity index (χ1v) is 5.68. The van der Waals surface area contributed by atoms with Gasteiger partial charge in [0.05, 0.1) is 6.61 Å². The van der Waals surface area contributed by atoms with Crippen molar-refractivity contribution in [2.45, 2.75) is 26.4 Å². The fourth-order valence-corrected chi connectivity index (χ4v) is 1.24. The predicted octanol–water partition coefficient (Wildman–Crippen LogP) is 2.58. The third-order valence-corrected chi connectivity index (χ3v) is 2.14. The van der Waals surface area contributed by atoms with Crippen molar-refractivity contribution in [3.05, 3.63) is 30.3 Å². The van der Waals surface area contributed by atoms with Crippen LogP contribution < -0.4 is 5.32 Å². The van der Waals surface area contributed by atoms with E-state index in [1.807, 2.05) is 6.07 Å². The largest absolute Gasteiger partial charge is 0.463 e. The van der Waals surface area contributed by atoms with Crippen molar-refractivity contribution in [2.24, 2.45) is 0 Å². The van der Waals surface area contributed by atoms with Crippen molar-refractivity contribution in [3.8, 4) is 0 Å². The molecular formula is C13H17NO4. The third-order valence-electron chi connectivity index (χ3n) is 2.14. The molecule has 0 aliphatic carbocycles. The van der Waals surface area contributed by atoms with Gasteiger partial charge in [0.1, 0.15) is 0 Å². The van der Waals surface area contributed by atoms with E-state index in [9.17, 15) is 9.59 Å². The standard InChI is InChI=1S/C13H17NO4/c1-4-17-11(15)13(2,3)18-12(16)14-10-8-6-5-7-9-10/h5-9H,4H2,1-3H3,(H,14,16). The summed E-state index contributed by atoms with van der Waals surface area (Å²) in [6, 6.07) is 8.84. The topological polar surface area (TPSA) is 64.6 Å². The number of carbonyl (C=O) groups is 2. The van der Waals surface area contributed by atoms with Crippen LogP contribution in [0.5, 0.6) is 0 Å². The Hall–Kier alpha value is -2.04. The molecule has 18 heavy (non-hydrogen) atoms. The summed E-state index contributed by atoms with van der Waals surface area (Å²) >= 11 is 0. The molecular weight excluding hydrogens is 234 g/mol. The molecule has 0 spiro atoms. The van der Waals surface area contributed by atoms with E-state index >= 15 is 0 Å². The molecule has 0 saturated carbocycles. The molecule has 0 unspecified atom stereocenters. The molecule has 0 heterocycles. The normalized spacial score (nSPS) is 10.6. The summed E-state index contributed by atoms with van der Waals surface area (Å²) in [5.41, 5.74) is -0.711. The molecule has 0 bridgehead atoms. The fourth-order valence-electron chi connectivity index (χ4n) is 1.24. The van der Waals surface area contributed by atoms with Crippen molar-refractivity contribution < 1.29 is 19.1 Å². The second kappa shape index (κ2) is 6.05. The summed E-state index contributed by atoms with van der Waals surface area (Å²) < 4.78 is 9.85. The van der Waals surface area contributed by atoms with Crippen molar-refractivity contribution in [1.82, 2.24) is 0 Å². The Kier molecular flexibility index (Phi) is 4.71. The Bertz CT molecular complexity index is 414. The minimum absolute atomic E-state index is 0.242. The average molecular weight is 251 g/mol. The number of amides is 1. The summed E-state index contributed by atoms with van der Waals surface area (Å²) in [6.07, 6.45) is -0.695. The molecule has 1 N–H and O–H groups in total. The zero-order valence-electron chi connectivity index (χ0n) is 10.7. The quantitative estimate of drug-likeness (QED) is 0.835. The van der Waals surface area contributed by atoms with Crippen LogP contribution in [0.1, 0.15) is 20.8 Å². The predicted molar refractivity (Wildman–Crippen MR) is 67.3 cm³/mol. The number of ether oxygens (including phenoxy) is 2. The number of esters is 1. The highest BCUT2D eigenvalue weighted by molar-refractivity contribution is 5.88. The monoisotopic (exact) mass is 251 g/mol. The second-order valence-electron chi connectivity index (χ2n) is 4.11. The average Bonchev–Trinajstić information content (AvgIpc) is 2.29. The second-order valence-corrected chi connectivity index (χ2v) is 4.11.